The minimum Gasteiger partial charge on any atom is -0.338 e. The minimum absolute atomic E-state index is 0.103. The zero-order valence-corrected chi connectivity index (χ0v) is 12.6. The maximum atomic E-state index is 13.1. The smallest absolute Gasteiger partial charge is 0.232 e. The van der Waals surface area contributed by atoms with Crippen molar-refractivity contribution in [3.63, 3.8) is 0 Å². The van der Waals surface area contributed by atoms with E-state index < -0.39 is 12.0 Å². The minimum atomic E-state index is -0.521. The van der Waals surface area contributed by atoms with Crippen LogP contribution < -0.4 is 5.32 Å². The zero-order valence-electron chi connectivity index (χ0n) is 11.8. The monoisotopic (exact) mass is 319 g/mol. The summed E-state index contributed by atoms with van der Waals surface area (Å²) in [5.41, 5.74) is 0.744. The van der Waals surface area contributed by atoms with E-state index in [1.165, 1.54) is 23.5 Å². The van der Waals surface area contributed by atoms with Crippen LogP contribution >= 0.6 is 11.3 Å². The van der Waals surface area contributed by atoms with Crippen LogP contribution in [0.15, 0.2) is 35.8 Å². The van der Waals surface area contributed by atoms with Crippen LogP contribution in [0.3, 0.4) is 0 Å². The third-order valence-electron chi connectivity index (χ3n) is 3.80. The second-order valence-electron chi connectivity index (χ2n) is 5.14. The second kappa shape index (κ2) is 5.84. The lowest BCUT2D eigenvalue weighted by molar-refractivity contribution is -0.127. The normalized spacial score (nSPS) is 21.2. The van der Waals surface area contributed by atoms with Crippen molar-refractivity contribution in [2.45, 2.75) is 12.5 Å². The van der Waals surface area contributed by atoms with Gasteiger partial charge in [-0.3, -0.25) is 9.59 Å². The Labute approximate surface area is 130 Å². The van der Waals surface area contributed by atoms with Gasteiger partial charge in [-0.25, -0.2) is 9.37 Å². The van der Waals surface area contributed by atoms with Crippen LogP contribution in [0.1, 0.15) is 18.0 Å². The van der Waals surface area contributed by atoms with Crippen molar-refractivity contribution >= 4 is 28.3 Å². The van der Waals surface area contributed by atoms with E-state index in [1.54, 1.807) is 35.7 Å². The Morgan fingerprint density at radius 1 is 1.41 bits per heavy atom. The maximum absolute atomic E-state index is 13.1. The number of hydrogen-bond donors (Lipinski definition) is 1. The summed E-state index contributed by atoms with van der Waals surface area (Å²) in [6.07, 6.45) is 1.74. The first-order chi connectivity index (χ1) is 10.6. The number of amides is 2. The first kappa shape index (κ1) is 14.6. The highest BCUT2D eigenvalue weighted by atomic mass is 32.1. The predicted molar refractivity (Wildman–Crippen MR) is 80.8 cm³/mol. The van der Waals surface area contributed by atoms with E-state index in [0.717, 1.165) is 5.56 Å². The van der Waals surface area contributed by atoms with Gasteiger partial charge in [0.2, 0.25) is 11.8 Å². The molecule has 5 nitrogen and oxygen atoms in total. The van der Waals surface area contributed by atoms with Crippen LogP contribution in [0.5, 0.6) is 0 Å². The molecule has 0 bridgehead atoms. The van der Waals surface area contributed by atoms with Crippen LogP contribution in [0.25, 0.3) is 0 Å². The van der Waals surface area contributed by atoms with Gasteiger partial charge in [-0.15, -0.1) is 11.3 Å². The van der Waals surface area contributed by atoms with E-state index in [4.69, 9.17) is 0 Å². The number of thiazole rings is 1. The van der Waals surface area contributed by atoms with Gasteiger partial charge in [-0.05, 0) is 17.7 Å². The lowest BCUT2D eigenvalue weighted by Crippen LogP contribution is -2.30. The Morgan fingerprint density at radius 3 is 2.77 bits per heavy atom. The molecule has 1 saturated heterocycles. The molecule has 114 valence electrons. The van der Waals surface area contributed by atoms with Crippen LogP contribution in [0, 0.1) is 11.7 Å². The number of aromatic nitrogens is 1. The topological polar surface area (TPSA) is 62.3 Å². The van der Waals surface area contributed by atoms with Gasteiger partial charge in [0.05, 0.1) is 12.0 Å². The highest BCUT2D eigenvalue weighted by molar-refractivity contribution is 7.13. The number of anilines is 1. The molecule has 3 rings (SSSR count). The van der Waals surface area contributed by atoms with Gasteiger partial charge < -0.3 is 10.2 Å². The van der Waals surface area contributed by atoms with Gasteiger partial charge in [0.1, 0.15) is 5.82 Å². The second-order valence-corrected chi connectivity index (χ2v) is 6.03. The number of hydrogen-bond acceptors (Lipinski definition) is 4. The first-order valence-electron chi connectivity index (χ1n) is 6.78. The Morgan fingerprint density at radius 2 is 2.14 bits per heavy atom. The number of benzene rings is 1. The number of nitrogens with one attached hydrogen (secondary N) is 1. The molecular weight excluding hydrogens is 305 g/mol. The summed E-state index contributed by atoms with van der Waals surface area (Å²) in [5.74, 6) is -1.22. The van der Waals surface area contributed by atoms with Crippen molar-refractivity contribution in [1.82, 2.24) is 9.88 Å². The molecule has 0 radical (unpaired) electrons. The molecule has 22 heavy (non-hydrogen) atoms. The average Bonchev–Trinajstić information content (AvgIpc) is 3.10. The van der Waals surface area contributed by atoms with E-state index in [9.17, 15) is 14.0 Å². The molecule has 2 aromatic rings. The van der Waals surface area contributed by atoms with Crippen molar-refractivity contribution in [2.75, 3.05) is 12.4 Å². The van der Waals surface area contributed by atoms with Crippen LogP contribution in [-0.2, 0) is 9.59 Å². The Kier molecular flexibility index (Phi) is 3.89. The fourth-order valence-corrected chi connectivity index (χ4v) is 3.24. The van der Waals surface area contributed by atoms with Crippen molar-refractivity contribution in [1.29, 1.82) is 0 Å². The number of halogens is 1. The van der Waals surface area contributed by atoms with Crippen LogP contribution in [0.4, 0.5) is 9.52 Å². The highest BCUT2D eigenvalue weighted by Gasteiger charge is 2.42. The lowest BCUT2D eigenvalue weighted by Gasteiger charge is -2.24. The van der Waals surface area contributed by atoms with Gasteiger partial charge in [0.25, 0.3) is 0 Å². The summed E-state index contributed by atoms with van der Waals surface area (Å²) in [6, 6.07) is 5.49. The third-order valence-corrected chi connectivity index (χ3v) is 4.49. The fourth-order valence-electron chi connectivity index (χ4n) is 2.70. The van der Waals surface area contributed by atoms with Gasteiger partial charge in [-0.2, -0.15) is 0 Å². The SMILES string of the molecule is CN1C(=O)C[C@H](C(=O)Nc2nccs2)[C@@H]1c1ccc(F)cc1. The molecule has 1 N–H and O–H groups in total. The Hall–Kier alpha value is -2.28. The summed E-state index contributed by atoms with van der Waals surface area (Å²) in [7, 11) is 1.66. The average molecular weight is 319 g/mol. The summed E-state index contributed by atoms with van der Waals surface area (Å²) in [4.78, 5) is 30.0. The molecule has 7 heteroatoms. The summed E-state index contributed by atoms with van der Waals surface area (Å²) >= 11 is 1.32. The number of carbonyl (C=O) groups excluding carboxylic acids is 2. The van der Waals surface area contributed by atoms with Crippen molar-refractivity contribution in [3.05, 3.63) is 47.2 Å². The molecule has 0 aliphatic carbocycles. The zero-order chi connectivity index (χ0) is 15.7. The molecule has 1 fully saturated rings. The van der Waals surface area contributed by atoms with E-state index in [1.807, 2.05) is 0 Å². The van der Waals surface area contributed by atoms with Gasteiger partial charge in [0.15, 0.2) is 5.13 Å². The largest absolute Gasteiger partial charge is 0.338 e. The fraction of sp³-hybridized carbons (Fsp3) is 0.267. The lowest BCUT2D eigenvalue weighted by atomic mass is 9.93. The molecule has 0 saturated carbocycles. The predicted octanol–water partition coefficient (Wildman–Crippen LogP) is 2.44. The molecule has 1 aromatic heterocycles. The molecule has 1 aliphatic rings. The summed E-state index contributed by atoms with van der Waals surface area (Å²) in [6.45, 7) is 0. The highest BCUT2D eigenvalue weighted by Crippen LogP contribution is 2.37. The van der Waals surface area contributed by atoms with Crippen molar-refractivity contribution in [2.24, 2.45) is 5.92 Å². The molecule has 0 spiro atoms. The molecule has 2 amide bonds. The molecule has 1 aromatic carbocycles. The number of carbonyl (C=O) groups is 2. The van der Waals surface area contributed by atoms with Crippen LogP contribution in [0.2, 0.25) is 0 Å². The standard InChI is InChI=1S/C15H14FN3O2S/c1-19-12(20)8-11(14(21)18-15-17-6-7-22-15)13(19)9-2-4-10(16)5-3-9/h2-7,11,13H,8H2,1H3,(H,17,18,21)/t11-,13-/m0/s1. The van der Waals surface area contributed by atoms with E-state index >= 15 is 0 Å². The Balaban J connectivity index is 1.86. The van der Waals surface area contributed by atoms with E-state index in [0.29, 0.717) is 5.13 Å². The van der Waals surface area contributed by atoms with Crippen molar-refractivity contribution < 1.29 is 14.0 Å². The van der Waals surface area contributed by atoms with Crippen molar-refractivity contribution in [3.8, 4) is 0 Å². The summed E-state index contributed by atoms with van der Waals surface area (Å²) < 4.78 is 13.1. The number of likely N-dealkylation sites (tertiary alicyclic amines) is 1. The first-order valence-corrected chi connectivity index (χ1v) is 7.65. The molecule has 2 atom stereocenters. The Bertz CT molecular complexity index is 687. The van der Waals surface area contributed by atoms with E-state index in [-0.39, 0.29) is 24.1 Å². The number of rotatable bonds is 3. The maximum Gasteiger partial charge on any atom is 0.232 e. The molecule has 2 heterocycles. The van der Waals surface area contributed by atoms with Crippen LogP contribution in [-0.4, -0.2) is 28.7 Å². The van der Waals surface area contributed by atoms with Gasteiger partial charge in [-0.1, -0.05) is 12.1 Å². The molecule has 0 unspecified atom stereocenters. The number of nitrogens with zero attached hydrogens (tertiary/aromatic N) is 2. The molecular formula is C15H14FN3O2S. The van der Waals surface area contributed by atoms with Gasteiger partial charge >= 0.3 is 0 Å². The van der Waals surface area contributed by atoms with E-state index in [2.05, 4.69) is 10.3 Å². The summed E-state index contributed by atoms with van der Waals surface area (Å²) in [5, 5.41) is 5.00. The van der Waals surface area contributed by atoms with Gasteiger partial charge in [0, 0.05) is 25.0 Å². The third kappa shape index (κ3) is 2.71. The molecule has 1 aliphatic heterocycles. The quantitative estimate of drug-likeness (QED) is 0.945.